The van der Waals surface area contributed by atoms with Crippen LogP contribution in [-0.2, 0) is 12.5 Å². The number of anilines is 1. The van der Waals surface area contributed by atoms with E-state index in [1.807, 2.05) is 19.2 Å². The number of pyridine rings is 1. The van der Waals surface area contributed by atoms with Crippen LogP contribution in [0.15, 0.2) is 18.2 Å². The Balaban J connectivity index is 2.50. The fourth-order valence-electron chi connectivity index (χ4n) is 1.50. The van der Waals surface area contributed by atoms with Crippen molar-refractivity contribution in [3.63, 3.8) is 0 Å². The molecular weight excluding hydrogens is 214 g/mol. The Bertz CT molecular complexity index is 536. The Labute approximate surface area is 101 Å². The first-order chi connectivity index (χ1) is 7.88. The van der Waals surface area contributed by atoms with E-state index in [4.69, 9.17) is 5.73 Å². The van der Waals surface area contributed by atoms with Crippen molar-refractivity contribution >= 4 is 5.82 Å². The zero-order valence-corrected chi connectivity index (χ0v) is 10.6. The van der Waals surface area contributed by atoms with Crippen LogP contribution in [0, 0.1) is 0 Å². The average molecular weight is 231 g/mol. The highest BCUT2D eigenvalue weighted by molar-refractivity contribution is 5.52. The zero-order chi connectivity index (χ0) is 12.6. The SMILES string of the molecule is Cn1nc(C(C)(C)C)nc1-c1cccc(N)n1. The van der Waals surface area contributed by atoms with Gasteiger partial charge < -0.3 is 5.73 Å². The maximum atomic E-state index is 5.67. The monoisotopic (exact) mass is 231 g/mol. The van der Waals surface area contributed by atoms with E-state index in [9.17, 15) is 0 Å². The number of nitrogens with zero attached hydrogens (tertiary/aromatic N) is 4. The molecule has 0 saturated heterocycles. The molecule has 0 fully saturated rings. The third-order valence-corrected chi connectivity index (χ3v) is 2.43. The van der Waals surface area contributed by atoms with Crippen LogP contribution < -0.4 is 5.73 Å². The van der Waals surface area contributed by atoms with Crippen molar-refractivity contribution in [2.24, 2.45) is 7.05 Å². The molecular formula is C12H17N5. The molecule has 90 valence electrons. The molecule has 0 aliphatic carbocycles. The van der Waals surface area contributed by atoms with Gasteiger partial charge in [0.25, 0.3) is 0 Å². The highest BCUT2D eigenvalue weighted by Crippen LogP contribution is 2.22. The fourth-order valence-corrected chi connectivity index (χ4v) is 1.50. The van der Waals surface area contributed by atoms with Gasteiger partial charge in [-0.25, -0.2) is 14.6 Å². The van der Waals surface area contributed by atoms with Crippen LogP contribution in [0.25, 0.3) is 11.5 Å². The molecule has 0 aliphatic rings. The van der Waals surface area contributed by atoms with Crippen molar-refractivity contribution in [1.29, 1.82) is 0 Å². The summed E-state index contributed by atoms with van der Waals surface area (Å²) in [5.41, 5.74) is 6.34. The van der Waals surface area contributed by atoms with Gasteiger partial charge in [0.05, 0.1) is 0 Å². The first-order valence-electron chi connectivity index (χ1n) is 5.52. The highest BCUT2D eigenvalue weighted by atomic mass is 15.3. The molecule has 0 aromatic carbocycles. The molecule has 17 heavy (non-hydrogen) atoms. The lowest BCUT2D eigenvalue weighted by Crippen LogP contribution is -2.13. The van der Waals surface area contributed by atoms with Gasteiger partial charge in [0.2, 0.25) is 0 Å². The average Bonchev–Trinajstić information content (AvgIpc) is 2.60. The molecule has 5 nitrogen and oxygen atoms in total. The van der Waals surface area contributed by atoms with Crippen molar-refractivity contribution in [1.82, 2.24) is 19.7 Å². The predicted molar refractivity (Wildman–Crippen MR) is 67.3 cm³/mol. The quantitative estimate of drug-likeness (QED) is 0.811. The van der Waals surface area contributed by atoms with Gasteiger partial charge in [-0.3, -0.25) is 0 Å². The summed E-state index contributed by atoms with van der Waals surface area (Å²) in [4.78, 5) is 8.78. The Morgan fingerprint density at radius 3 is 2.41 bits per heavy atom. The maximum absolute atomic E-state index is 5.67. The number of aromatic nitrogens is 4. The van der Waals surface area contributed by atoms with Crippen LogP contribution in [0.3, 0.4) is 0 Å². The third kappa shape index (κ3) is 2.27. The van der Waals surface area contributed by atoms with Crippen molar-refractivity contribution in [2.45, 2.75) is 26.2 Å². The van der Waals surface area contributed by atoms with Gasteiger partial charge in [0.15, 0.2) is 11.6 Å². The van der Waals surface area contributed by atoms with Crippen LogP contribution in [0.5, 0.6) is 0 Å². The van der Waals surface area contributed by atoms with E-state index in [2.05, 4.69) is 35.8 Å². The Hall–Kier alpha value is -1.91. The summed E-state index contributed by atoms with van der Waals surface area (Å²) >= 11 is 0. The summed E-state index contributed by atoms with van der Waals surface area (Å²) in [6.07, 6.45) is 0. The normalized spacial score (nSPS) is 11.8. The number of aryl methyl sites for hydroxylation is 1. The minimum absolute atomic E-state index is 0.0731. The first kappa shape index (κ1) is 11.6. The second-order valence-corrected chi connectivity index (χ2v) is 5.08. The summed E-state index contributed by atoms with van der Waals surface area (Å²) in [6.45, 7) is 6.25. The number of hydrogen-bond donors (Lipinski definition) is 1. The van der Waals surface area contributed by atoms with Gasteiger partial charge in [-0.1, -0.05) is 26.8 Å². The van der Waals surface area contributed by atoms with Gasteiger partial charge in [0.1, 0.15) is 11.5 Å². The van der Waals surface area contributed by atoms with E-state index in [0.29, 0.717) is 5.82 Å². The minimum Gasteiger partial charge on any atom is -0.384 e. The number of hydrogen-bond acceptors (Lipinski definition) is 4. The molecule has 2 N–H and O–H groups in total. The maximum Gasteiger partial charge on any atom is 0.176 e. The lowest BCUT2D eigenvalue weighted by Gasteiger charge is -2.11. The second kappa shape index (κ2) is 3.84. The minimum atomic E-state index is -0.0731. The molecule has 0 bridgehead atoms. The molecule has 2 heterocycles. The van der Waals surface area contributed by atoms with Crippen molar-refractivity contribution in [3.8, 4) is 11.5 Å². The molecule has 0 radical (unpaired) electrons. The highest BCUT2D eigenvalue weighted by Gasteiger charge is 2.21. The molecule has 0 amide bonds. The van der Waals surface area contributed by atoms with E-state index in [1.54, 1.807) is 10.7 Å². The Morgan fingerprint density at radius 2 is 1.88 bits per heavy atom. The molecule has 0 unspecified atom stereocenters. The van der Waals surface area contributed by atoms with Crippen molar-refractivity contribution in [2.75, 3.05) is 5.73 Å². The van der Waals surface area contributed by atoms with Gasteiger partial charge in [0, 0.05) is 12.5 Å². The van der Waals surface area contributed by atoms with Gasteiger partial charge in [-0.15, -0.1) is 0 Å². The number of nitrogens with two attached hydrogens (primary N) is 1. The molecule has 0 aliphatic heterocycles. The molecule has 2 rings (SSSR count). The second-order valence-electron chi connectivity index (χ2n) is 5.08. The third-order valence-electron chi connectivity index (χ3n) is 2.43. The zero-order valence-electron chi connectivity index (χ0n) is 10.6. The predicted octanol–water partition coefficient (Wildman–Crippen LogP) is 1.76. The number of nitrogen functional groups attached to an aromatic ring is 1. The first-order valence-corrected chi connectivity index (χ1v) is 5.52. The topological polar surface area (TPSA) is 69.6 Å². The van der Waals surface area contributed by atoms with E-state index in [1.165, 1.54) is 0 Å². The van der Waals surface area contributed by atoms with Gasteiger partial charge in [-0.05, 0) is 12.1 Å². The van der Waals surface area contributed by atoms with E-state index in [0.717, 1.165) is 17.3 Å². The van der Waals surface area contributed by atoms with E-state index in [-0.39, 0.29) is 5.41 Å². The Morgan fingerprint density at radius 1 is 1.18 bits per heavy atom. The molecule has 2 aromatic heterocycles. The van der Waals surface area contributed by atoms with Crippen molar-refractivity contribution in [3.05, 3.63) is 24.0 Å². The number of rotatable bonds is 1. The summed E-state index contributed by atoms with van der Waals surface area (Å²) < 4.78 is 1.74. The standard InChI is InChI=1S/C12H17N5/c1-12(2,3)11-15-10(17(4)16-11)8-6-5-7-9(13)14-8/h5-7H,1-4H3,(H2,13,14). The van der Waals surface area contributed by atoms with Crippen LogP contribution in [0.2, 0.25) is 0 Å². The van der Waals surface area contributed by atoms with Crippen molar-refractivity contribution < 1.29 is 0 Å². The smallest absolute Gasteiger partial charge is 0.176 e. The molecule has 5 heteroatoms. The lowest BCUT2D eigenvalue weighted by atomic mass is 9.96. The summed E-state index contributed by atoms with van der Waals surface area (Å²) in [5.74, 6) is 2.03. The lowest BCUT2D eigenvalue weighted by molar-refractivity contribution is 0.538. The van der Waals surface area contributed by atoms with Crippen LogP contribution in [0.1, 0.15) is 26.6 Å². The Kier molecular flexibility index (Phi) is 2.61. The summed E-state index contributed by atoms with van der Waals surface area (Å²) in [5, 5.41) is 4.41. The van der Waals surface area contributed by atoms with Gasteiger partial charge in [-0.2, -0.15) is 5.10 Å². The van der Waals surface area contributed by atoms with Crippen LogP contribution in [-0.4, -0.2) is 19.7 Å². The fraction of sp³-hybridized carbons (Fsp3) is 0.417. The van der Waals surface area contributed by atoms with Crippen LogP contribution >= 0.6 is 0 Å². The molecule has 0 atom stereocenters. The summed E-state index contributed by atoms with van der Waals surface area (Å²) in [7, 11) is 1.86. The van der Waals surface area contributed by atoms with E-state index >= 15 is 0 Å². The molecule has 2 aromatic rings. The van der Waals surface area contributed by atoms with E-state index < -0.39 is 0 Å². The largest absolute Gasteiger partial charge is 0.384 e. The molecule has 0 saturated carbocycles. The molecule has 0 spiro atoms. The summed E-state index contributed by atoms with van der Waals surface area (Å²) in [6, 6.07) is 5.50. The van der Waals surface area contributed by atoms with Gasteiger partial charge >= 0.3 is 0 Å². The van der Waals surface area contributed by atoms with Crippen LogP contribution in [0.4, 0.5) is 5.82 Å².